The quantitative estimate of drug-likeness (QED) is 0.560. The van der Waals surface area contributed by atoms with Crippen molar-refractivity contribution in [3.63, 3.8) is 0 Å². The van der Waals surface area contributed by atoms with Gasteiger partial charge in [-0.15, -0.1) is 0 Å². The van der Waals surface area contributed by atoms with Crippen molar-refractivity contribution in [3.8, 4) is 0 Å². The van der Waals surface area contributed by atoms with Crippen molar-refractivity contribution < 1.29 is 18.8 Å². The van der Waals surface area contributed by atoms with Gasteiger partial charge in [0.15, 0.2) is 5.78 Å². The molecule has 2 fully saturated rings. The van der Waals surface area contributed by atoms with Gasteiger partial charge < -0.3 is 15.5 Å². The third-order valence-corrected chi connectivity index (χ3v) is 7.19. The van der Waals surface area contributed by atoms with Crippen molar-refractivity contribution in [1.82, 2.24) is 10.2 Å². The number of urea groups is 1. The Balaban J connectivity index is 1.36. The Morgan fingerprint density at radius 3 is 2.54 bits per heavy atom. The molecule has 35 heavy (non-hydrogen) atoms. The van der Waals surface area contributed by atoms with Crippen LogP contribution in [0.1, 0.15) is 61.4 Å². The van der Waals surface area contributed by atoms with Crippen molar-refractivity contribution in [2.75, 3.05) is 18.4 Å². The molecule has 7 heteroatoms. The second kappa shape index (κ2) is 11.5. The molecule has 1 heterocycles. The first-order valence-corrected chi connectivity index (χ1v) is 12.6. The van der Waals surface area contributed by atoms with E-state index >= 15 is 0 Å². The van der Waals surface area contributed by atoms with Crippen LogP contribution in [0.15, 0.2) is 48.5 Å². The number of hydrogen-bond acceptors (Lipinski definition) is 3. The first-order chi connectivity index (χ1) is 16.9. The number of Topliss-reactive ketones (excluding diaryl/α,β-unsaturated/α-hetero) is 1. The number of nitrogens with one attached hydrogen (secondary N) is 2. The molecule has 0 bridgehead atoms. The minimum atomic E-state index is -0.358. The number of halogens is 1. The lowest BCUT2D eigenvalue weighted by molar-refractivity contribution is -0.139. The molecule has 2 aromatic rings. The molecule has 1 saturated carbocycles. The largest absolute Gasteiger partial charge is 0.342 e. The first kappa shape index (κ1) is 24.9. The van der Waals surface area contributed by atoms with Crippen molar-refractivity contribution in [2.45, 2.75) is 57.9 Å². The van der Waals surface area contributed by atoms with Gasteiger partial charge in [-0.2, -0.15) is 0 Å². The van der Waals surface area contributed by atoms with E-state index < -0.39 is 0 Å². The standard InChI is InChI=1S/C28H34FN3O3/c1-19(33)22-7-4-8-24(17-22)30-28(35)31-26-10-3-2-9-25(26)27(34)32-15-5-6-21(18-32)16-20-11-13-23(29)14-12-20/h4,7-8,11-14,17,21,25-26H,2-3,5-6,9-10,15-16,18H2,1H3,(H2,30,31,35). The molecule has 4 rings (SSSR count). The van der Waals surface area contributed by atoms with E-state index in [2.05, 4.69) is 10.6 Å². The number of nitrogens with zero attached hydrogens (tertiary/aromatic N) is 1. The Labute approximate surface area is 206 Å². The smallest absolute Gasteiger partial charge is 0.319 e. The summed E-state index contributed by atoms with van der Waals surface area (Å²) >= 11 is 0. The van der Waals surface area contributed by atoms with Crippen LogP contribution in [-0.2, 0) is 11.2 Å². The van der Waals surface area contributed by atoms with Crippen LogP contribution in [0.25, 0.3) is 0 Å². The fourth-order valence-corrected chi connectivity index (χ4v) is 5.37. The van der Waals surface area contributed by atoms with E-state index in [1.165, 1.54) is 19.1 Å². The van der Waals surface area contributed by atoms with Gasteiger partial charge in [0, 0.05) is 30.4 Å². The van der Waals surface area contributed by atoms with Gasteiger partial charge in [0.25, 0.3) is 0 Å². The van der Waals surface area contributed by atoms with Gasteiger partial charge in [-0.1, -0.05) is 37.1 Å². The maximum atomic E-state index is 13.5. The lowest BCUT2D eigenvalue weighted by Gasteiger charge is -2.39. The van der Waals surface area contributed by atoms with Crippen molar-refractivity contribution in [2.24, 2.45) is 11.8 Å². The van der Waals surface area contributed by atoms with Gasteiger partial charge in [0.1, 0.15) is 5.82 Å². The topological polar surface area (TPSA) is 78.5 Å². The molecule has 0 radical (unpaired) electrons. The highest BCUT2D eigenvalue weighted by atomic mass is 19.1. The molecule has 1 aliphatic carbocycles. The molecule has 3 unspecified atom stereocenters. The molecule has 3 amide bonds. The fourth-order valence-electron chi connectivity index (χ4n) is 5.37. The number of anilines is 1. The highest BCUT2D eigenvalue weighted by Crippen LogP contribution is 2.29. The van der Waals surface area contributed by atoms with Crippen LogP contribution in [0, 0.1) is 17.7 Å². The van der Waals surface area contributed by atoms with E-state index in [9.17, 15) is 18.8 Å². The number of rotatable bonds is 6. The molecule has 0 aromatic heterocycles. The van der Waals surface area contributed by atoms with Crippen LogP contribution in [0.2, 0.25) is 0 Å². The summed E-state index contributed by atoms with van der Waals surface area (Å²) in [6.07, 6.45) is 6.32. The zero-order valence-electron chi connectivity index (χ0n) is 20.3. The van der Waals surface area contributed by atoms with E-state index in [0.717, 1.165) is 57.1 Å². The molecule has 2 aliphatic rings. The van der Waals surface area contributed by atoms with Crippen LogP contribution < -0.4 is 10.6 Å². The van der Waals surface area contributed by atoms with E-state index in [-0.39, 0.29) is 35.5 Å². The molecule has 1 saturated heterocycles. The van der Waals surface area contributed by atoms with Gasteiger partial charge in [-0.25, -0.2) is 9.18 Å². The SMILES string of the molecule is CC(=O)c1cccc(NC(=O)NC2CCCCC2C(=O)N2CCCC(Cc3ccc(F)cc3)C2)c1. The average Bonchev–Trinajstić information content (AvgIpc) is 2.85. The summed E-state index contributed by atoms with van der Waals surface area (Å²) in [4.78, 5) is 39.9. The number of carbonyl (C=O) groups is 3. The van der Waals surface area contributed by atoms with Crippen LogP contribution in [-0.4, -0.2) is 41.8 Å². The minimum Gasteiger partial charge on any atom is -0.342 e. The van der Waals surface area contributed by atoms with E-state index in [4.69, 9.17) is 0 Å². The number of hydrogen-bond donors (Lipinski definition) is 2. The summed E-state index contributed by atoms with van der Waals surface area (Å²) in [6.45, 7) is 2.93. The van der Waals surface area contributed by atoms with E-state index in [1.807, 2.05) is 17.0 Å². The third-order valence-electron chi connectivity index (χ3n) is 7.19. The highest BCUT2D eigenvalue weighted by Gasteiger charge is 2.36. The predicted octanol–water partition coefficient (Wildman–Crippen LogP) is 5.19. The Morgan fingerprint density at radius 2 is 1.77 bits per heavy atom. The minimum absolute atomic E-state index is 0.0636. The second-order valence-electron chi connectivity index (χ2n) is 9.86. The van der Waals surface area contributed by atoms with Crippen LogP contribution in [0.3, 0.4) is 0 Å². The monoisotopic (exact) mass is 479 g/mol. The van der Waals surface area contributed by atoms with Crippen molar-refractivity contribution >= 4 is 23.4 Å². The number of likely N-dealkylation sites (tertiary alicyclic amines) is 1. The number of carbonyl (C=O) groups excluding carboxylic acids is 3. The normalized spacial score (nSPS) is 22.3. The molecule has 1 aliphatic heterocycles. The maximum absolute atomic E-state index is 13.5. The van der Waals surface area contributed by atoms with Gasteiger partial charge in [-0.05, 0) is 74.8 Å². The Morgan fingerprint density at radius 1 is 1.00 bits per heavy atom. The van der Waals surface area contributed by atoms with Crippen molar-refractivity contribution in [3.05, 3.63) is 65.5 Å². The van der Waals surface area contributed by atoms with E-state index in [0.29, 0.717) is 23.7 Å². The number of benzene rings is 2. The summed E-state index contributed by atoms with van der Waals surface area (Å²) in [7, 11) is 0. The highest BCUT2D eigenvalue weighted by molar-refractivity contribution is 5.96. The fraction of sp³-hybridized carbons (Fsp3) is 0.464. The van der Waals surface area contributed by atoms with E-state index in [1.54, 1.807) is 24.3 Å². The lowest BCUT2D eigenvalue weighted by Crippen LogP contribution is -2.52. The zero-order valence-corrected chi connectivity index (χ0v) is 20.3. The second-order valence-corrected chi connectivity index (χ2v) is 9.86. The summed E-state index contributed by atoms with van der Waals surface area (Å²) < 4.78 is 13.2. The molecule has 3 atom stereocenters. The Hall–Kier alpha value is -3.22. The summed E-state index contributed by atoms with van der Waals surface area (Å²) in [5.41, 5.74) is 2.18. The third kappa shape index (κ3) is 6.68. The molecule has 2 N–H and O–H groups in total. The molecular weight excluding hydrogens is 445 g/mol. The van der Waals surface area contributed by atoms with Gasteiger partial charge in [-0.3, -0.25) is 9.59 Å². The average molecular weight is 480 g/mol. The summed E-state index contributed by atoms with van der Waals surface area (Å²) in [5.74, 6) is -0.0584. The lowest BCUT2D eigenvalue weighted by atomic mass is 9.82. The van der Waals surface area contributed by atoms with Gasteiger partial charge >= 0.3 is 6.03 Å². The molecule has 186 valence electrons. The van der Waals surface area contributed by atoms with Crippen LogP contribution in [0.5, 0.6) is 0 Å². The molecule has 2 aromatic carbocycles. The van der Waals surface area contributed by atoms with Crippen LogP contribution in [0.4, 0.5) is 14.9 Å². The van der Waals surface area contributed by atoms with Crippen molar-refractivity contribution in [1.29, 1.82) is 0 Å². The Bertz CT molecular complexity index is 1060. The van der Waals surface area contributed by atoms with Gasteiger partial charge in [0.05, 0.1) is 5.92 Å². The van der Waals surface area contributed by atoms with Crippen LogP contribution >= 0.6 is 0 Å². The number of piperidine rings is 1. The summed E-state index contributed by atoms with van der Waals surface area (Å²) in [6, 6.07) is 12.9. The molecule has 6 nitrogen and oxygen atoms in total. The maximum Gasteiger partial charge on any atom is 0.319 e. The first-order valence-electron chi connectivity index (χ1n) is 12.6. The number of amides is 3. The summed E-state index contributed by atoms with van der Waals surface area (Å²) in [5, 5.41) is 5.83. The Kier molecular flexibility index (Phi) is 8.16. The molecular formula is C28H34FN3O3. The predicted molar refractivity (Wildman–Crippen MR) is 134 cm³/mol. The molecule has 0 spiro atoms. The zero-order chi connectivity index (χ0) is 24.8. The number of ketones is 1. The van der Waals surface area contributed by atoms with Gasteiger partial charge in [0.2, 0.25) is 5.91 Å².